The molecule has 1 unspecified atom stereocenters. The van der Waals surface area contributed by atoms with Crippen LogP contribution in [0.15, 0.2) is 12.7 Å². The lowest BCUT2D eigenvalue weighted by molar-refractivity contribution is -0.200. The van der Waals surface area contributed by atoms with Crippen molar-refractivity contribution in [2.45, 2.75) is 30.6 Å². The number of alkyl halides is 4. The highest BCUT2D eigenvalue weighted by atomic mass is 32.1. The average Bonchev–Trinajstić information content (AvgIpc) is 2.31. The Labute approximate surface area is 112 Å². The molecule has 0 spiro atoms. The number of hydrogen-bond acceptors (Lipinski definition) is 5. The Hall–Kier alpha value is -1.25. The van der Waals surface area contributed by atoms with Gasteiger partial charge in [-0.3, -0.25) is 0 Å². The van der Waals surface area contributed by atoms with Crippen LogP contribution in [0.5, 0.6) is 0 Å². The largest absolute Gasteiger partial charge is 0.454 e. The van der Waals surface area contributed by atoms with Crippen LogP contribution >= 0.6 is 12.6 Å². The summed E-state index contributed by atoms with van der Waals surface area (Å²) in [4.78, 5) is 21.8. The maximum absolute atomic E-state index is 13.5. The van der Waals surface area contributed by atoms with Gasteiger partial charge in [0.25, 0.3) is 0 Å². The van der Waals surface area contributed by atoms with Crippen molar-refractivity contribution in [3.05, 3.63) is 12.7 Å². The molecule has 0 radical (unpaired) electrons. The fraction of sp³-hybridized carbons (Fsp3) is 0.600. The summed E-state index contributed by atoms with van der Waals surface area (Å²) in [7, 11) is 0. The van der Waals surface area contributed by atoms with Gasteiger partial charge in [0.2, 0.25) is 0 Å². The molecule has 1 atom stereocenters. The predicted octanol–water partition coefficient (Wildman–Crippen LogP) is 2.20. The number of esters is 2. The van der Waals surface area contributed by atoms with Crippen LogP contribution in [0.25, 0.3) is 0 Å². The number of carbonyl (C=O) groups is 2. The summed E-state index contributed by atoms with van der Waals surface area (Å²) in [6.07, 6.45) is -1.91. The van der Waals surface area contributed by atoms with E-state index in [0.29, 0.717) is 6.08 Å². The summed E-state index contributed by atoms with van der Waals surface area (Å²) >= 11 is 2.72. The second-order valence-electron chi connectivity index (χ2n) is 3.40. The van der Waals surface area contributed by atoms with Gasteiger partial charge in [0.1, 0.15) is 0 Å². The maximum Gasteiger partial charge on any atom is 0.381 e. The lowest BCUT2D eigenvalue weighted by Gasteiger charge is -2.24. The Morgan fingerprint density at radius 2 is 1.89 bits per heavy atom. The van der Waals surface area contributed by atoms with Gasteiger partial charge in [-0.05, 0) is 6.42 Å². The van der Waals surface area contributed by atoms with Crippen LogP contribution in [0.1, 0.15) is 13.3 Å². The van der Waals surface area contributed by atoms with E-state index in [-0.39, 0.29) is 0 Å². The number of hydrogen-bond donors (Lipinski definition) is 1. The number of ether oxygens (including phenoxy) is 2. The van der Waals surface area contributed by atoms with E-state index >= 15 is 0 Å². The van der Waals surface area contributed by atoms with Gasteiger partial charge in [0, 0.05) is 6.08 Å². The van der Waals surface area contributed by atoms with E-state index in [9.17, 15) is 27.2 Å². The van der Waals surface area contributed by atoms with Crippen molar-refractivity contribution >= 4 is 24.6 Å². The van der Waals surface area contributed by atoms with Gasteiger partial charge in [-0.1, -0.05) is 13.5 Å². The lowest BCUT2D eigenvalue weighted by atomic mass is 10.1. The van der Waals surface area contributed by atoms with E-state index in [1.54, 1.807) is 0 Å². The second kappa shape index (κ2) is 6.78. The average molecular weight is 304 g/mol. The zero-order chi connectivity index (χ0) is 15.3. The molecule has 0 aromatic carbocycles. The number of rotatable bonds is 7. The molecule has 9 heteroatoms. The molecule has 0 heterocycles. The molecule has 0 aliphatic heterocycles. The van der Waals surface area contributed by atoms with Crippen molar-refractivity contribution in [3.8, 4) is 0 Å². The van der Waals surface area contributed by atoms with Crippen LogP contribution in [0.2, 0.25) is 0 Å². The van der Waals surface area contributed by atoms with Crippen LogP contribution in [0.3, 0.4) is 0 Å². The Morgan fingerprint density at radius 3 is 2.26 bits per heavy atom. The molecule has 0 bridgehead atoms. The highest BCUT2D eigenvalue weighted by Crippen LogP contribution is 2.27. The molecular weight excluding hydrogens is 292 g/mol. The summed E-state index contributed by atoms with van der Waals surface area (Å²) in [5.41, 5.74) is 0. The molecule has 0 N–H and O–H groups in total. The first-order chi connectivity index (χ1) is 8.54. The molecular formula is C10H12F4O4S. The summed E-state index contributed by atoms with van der Waals surface area (Å²) in [5, 5.41) is -3.73. The minimum absolute atomic E-state index is 0.418. The third kappa shape index (κ3) is 5.95. The summed E-state index contributed by atoms with van der Waals surface area (Å²) in [6, 6.07) is 0. The van der Waals surface area contributed by atoms with Crippen molar-refractivity contribution in [2.75, 3.05) is 6.61 Å². The van der Waals surface area contributed by atoms with Gasteiger partial charge in [0.05, 0.1) is 0 Å². The third-order valence-corrected chi connectivity index (χ3v) is 1.98. The minimum Gasteiger partial charge on any atom is -0.454 e. The van der Waals surface area contributed by atoms with Crippen LogP contribution in [0, 0.1) is 0 Å². The Kier molecular flexibility index (Phi) is 6.34. The molecule has 4 nitrogen and oxygen atoms in total. The first-order valence-corrected chi connectivity index (χ1v) is 5.47. The van der Waals surface area contributed by atoms with Crippen molar-refractivity contribution in [1.82, 2.24) is 0 Å². The first kappa shape index (κ1) is 17.8. The van der Waals surface area contributed by atoms with E-state index in [1.807, 2.05) is 0 Å². The van der Waals surface area contributed by atoms with Crippen LogP contribution < -0.4 is 0 Å². The molecule has 0 amide bonds. The second-order valence-corrected chi connectivity index (χ2v) is 4.06. The zero-order valence-electron chi connectivity index (χ0n) is 9.87. The standard InChI is InChI=1S/C10H12F4O4S/c1-3-6(18-7(15)4-2)10(13,14)8(16)17-5-9(11,12)19/h4,6,19H,2-3,5H2,1H3. The highest BCUT2D eigenvalue weighted by Gasteiger charge is 2.51. The molecule has 0 aromatic heterocycles. The molecule has 0 aliphatic carbocycles. The van der Waals surface area contributed by atoms with Crippen molar-refractivity contribution < 1.29 is 36.6 Å². The SMILES string of the molecule is C=CC(=O)OC(CC)C(F)(F)C(=O)OCC(F)(F)S. The molecule has 110 valence electrons. The normalized spacial score (nSPS) is 13.6. The molecule has 0 saturated heterocycles. The number of carbonyl (C=O) groups excluding carboxylic acids is 2. The topological polar surface area (TPSA) is 52.6 Å². The zero-order valence-corrected chi connectivity index (χ0v) is 10.8. The van der Waals surface area contributed by atoms with Gasteiger partial charge >= 0.3 is 23.1 Å². The van der Waals surface area contributed by atoms with E-state index < -0.39 is 42.2 Å². The van der Waals surface area contributed by atoms with Gasteiger partial charge in [0.15, 0.2) is 12.7 Å². The van der Waals surface area contributed by atoms with Crippen LogP contribution in [-0.2, 0) is 19.1 Å². The van der Waals surface area contributed by atoms with Gasteiger partial charge in [-0.15, -0.1) is 12.6 Å². The van der Waals surface area contributed by atoms with Gasteiger partial charge < -0.3 is 9.47 Å². The Bertz CT molecular complexity index is 354. The summed E-state index contributed by atoms with van der Waals surface area (Å²) in [6.45, 7) is 2.60. The summed E-state index contributed by atoms with van der Waals surface area (Å²) in [5.74, 6) is -7.63. The first-order valence-electron chi connectivity index (χ1n) is 5.02. The quantitative estimate of drug-likeness (QED) is 0.339. The van der Waals surface area contributed by atoms with E-state index in [2.05, 4.69) is 28.7 Å². The van der Waals surface area contributed by atoms with Gasteiger partial charge in [-0.2, -0.15) is 17.6 Å². The van der Waals surface area contributed by atoms with Crippen molar-refractivity contribution in [2.24, 2.45) is 0 Å². The molecule has 0 saturated carbocycles. The molecule has 0 fully saturated rings. The lowest BCUT2D eigenvalue weighted by Crippen LogP contribution is -2.45. The van der Waals surface area contributed by atoms with Crippen molar-refractivity contribution in [1.29, 1.82) is 0 Å². The molecule has 19 heavy (non-hydrogen) atoms. The number of thiol groups is 1. The van der Waals surface area contributed by atoms with E-state index in [4.69, 9.17) is 0 Å². The molecule has 0 aromatic rings. The highest BCUT2D eigenvalue weighted by molar-refractivity contribution is 7.81. The Morgan fingerprint density at radius 1 is 1.37 bits per heavy atom. The van der Waals surface area contributed by atoms with Crippen LogP contribution in [0.4, 0.5) is 17.6 Å². The third-order valence-electron chi connectivity index (χ3n) is 1.85. The fourth-order valence-electron chi connectivity index (χ4n) is 0.982. The smallest absolute Gasteiger partial charge is 0.381 e. The monoisotopic (exact) mass is 304 g/mol. The van der Waals surface area contributed by atoms with Crippen LogP contribution in [-0.4, -0.2) is 35.8 Å². The van der Waals surface area contributed by atoms with E-state index in [1.165, 1.54) is 6.92 Å². The maximum atomic E-state index is 13.5. The molecule has 0 aliphatic rings. The Balaban J connectivity index is 4.75. The van der Waals surface area contributed by atoms with Gasteiger partial charge in [-0.25, -0.2) is 9.59 Å². The van der Waals surface area contributed by atoms with Crippen molar-refractivity contribution in [3.63, 3.8) is 0 Å². The summed E-state index contributed by atoms with van der Waals surface area (Å²) < 4.78 is 59.5. The fourth-order valence-corrected chi connectivity index (χ4v) is 1.05. The molecule has 0 rings (SSSR count). The number of halogens is 4. The minimum atomic E-state index is -4.24. The van der Waals surface area contributed by atoms with E-state index in [0.717, 1.165) is 0 Å². The predicted molar refractivity (Wildman–Crippen MR) is 60.2 cm³/mol.